The van der Waals surface area contributed by atoms with E-state index < -0.39 is 21.8 Å². The lowest BCUT2D eigenvalue weighted by Crippen LogP contribution is -2.11. The lowest BCUT2D eigenvalue weighted by molar-refractivity contribution is -0.132. The van der Waals surface area contributed by atoms with Gasteiger partial charge in [0.2, 0.25) is 0 Å². The Hall–Kier alpha value is -0.920. The Balaban J connectivity index is 3.57. The molecule has 0 spiro atoms. The number of carboxylic acids is 1. The quantitative estimate of drug-likeness (QED) is 0.376. The zero-order chi connectivity index (χ0) is 11.9. The molecule has 0 bridgehead atoms. The molecule has 88 valence electrons. The van der Waals surface area contributed by atoms with Crippen molar-refractivity contribution in [3.63, 3.8) is 0 Å². The van der Waals surface area contributed by atoms with Gasteiger partial charge in [-0.05, 0) is 13.3 Å². The van der Waals surface area contributed by atoms with Crippen molar-refractivity contribution < 1.29 is 27.6 Å². The van der Waals surface area contributed by atoms with Gasteiger partial charge in [0.05, 0.1) is 19.0 Å². The lowest BCUT2D eigenvalue weighted by Gasteiger charge is -2.00. The number of ether oxygens (including phenoxy) is 1. The van der Waals surface area contributed by atoms with E-state index in [1.807, 2.05) is 0 Å². The minimum absolute atomic E-state index is 0.0984. The van der Waals surface area contributed by atoms with Crippen LogP contribution < -0.4 is 0 Å². The molecule has 0 rings (SSSR count). The second-order valence-electron chi connectivity index (χ2n) is 2.88. The molecule has 0 aromatic carbocycles. The van der Waals surface area contributed by atoms with Gasteiger partial charge in [-0.3, -0.25) is 4.55 Å². The van der Waals surface area contributed by atoms with E-state index in [2.05, 4.69) is 0 Å². The van der Waals surface area contributed by atoms with Crippen LogP contribution in [0.3, 0.4) is 0 Å². The molecule has 0 saturated carbocycles. The van der Waals surface area contributed by atoms with Crippen LogP contribution in [0.25, 0.3) is 0 Å². The topological polar surface area (TPSA) is 101 Å². The van der Waals surface area contributed by atoms with E-state index in [0.29, 0.717) is 6.42 Å². The van der Waals surface area contributed by atoms with Crippen LogP contribution in [-0.2, 0) is 19.6 Å². The van der Waals surface area contributed by atoms with Crippen molar-refractivity contribution in [3.05, 3.63) is 11.6 Å². The van der Waals surface area contributed by atoms with Crippen LogP contribution in [-0.4, -0.2) is 43.0 Å². The number of hydrogen-bond donors (Lipinski definition) is 2. The molecule has 7 heteroatoms. The third-order valence-electron chi connectivity index (χ3n) is 1.54. The maximum atomic E-state index is 10.3. The molecular formula is C8H14O6S. The van der Waals surface area contributed by atoms with Crippen molar-refractivity contribution >= 4 is 16.1 Å². The summed E-state index contributed by atoms with van der Waals surface area (Å²) < 4.78 is 33.7. The van der Waals surface area contributed by atoms with Gasteiger partial charge in [0, 0.05) is 5.57 Å². The van der Waals surface area contributed by atoms with E-state index in [1.54, 1.807) is 0 Å². The molecule has 0 aliphatic heterocycles. The van der Waals surface area contributed by atoms with Gasteiger partial charge in [0.1, 0.15) is 0 Å². The van der Waals surface area contributed by atoms with Gasteiger partial charge in [-0.25, -0.2) is 4.79 Å². The SMILES string of the molecule is CC(=CCCOCCS(=O)(=O)O)C(=O)O. The molecule has 0 saturated heterocycles. The third-order valence-corrected chi connectivity index (χ3v) is 2.22. The van der Waals surface area contributed by atoms with Crippen molar-refractivity contribution in [2.24, 2.45) is 0 Å². The van der Waals surface area contributed by atoms with Gasteiger partial charge in [-0.15, -0.1) is 0 Å². The molecule has 15 heavy (non-hydrogen) atoms. The summed E-state index contributed by atoms with van der Waals surface area (Å²) in [6.45, 7) is 1.58. The monoisotopic (exact) mass is 238 g/mol. The molecule has 0 aliphatic carbocycles. The predicted octanol–water partition coefficient (Wildman–Crippen LogP) is 0.312. The summed E-state index contributed by atoms with van der Waals surface area (Å²) in [5.74, 6) is -1.44. The number of hydrogen-bond acceptors (Lipinski definition) is 4. The molecule has 0 amide bonds. The summed E-state index contributed by atoms with van der Waals surface area (Å²) >= 11 is 0. The van der Waals surface area contributed by atoms with Crippen LogP contribution in [0.15, 0.2) is 11.6 Å². The van der Waals surface area contributed by atoms with E-state index in [1.165, 1.54) is 13.0 Å². The average Bonchev–Trinajstić information content (AvgIpc) is 2.08. The van der Waals surface area contributed by atoms with Crippen molar-refractivity contribution in [1.82, 2.24) is 0 Å². The zero-order valence-electron chi connectivity index (χ0n) is 8.34. The van der Waals surface area contributed by atoms with E-state index in [9.17, 15) is 13.2 Å². The summed E-state index contributed by atoms with van der Waals surface area (Å²) in [5.41, 5.74) is 0.216. The average molecular weight is 238 g/mol. The highest BCUT2D eigenvalue weighted by atomic mass is 32.2. The zero-order valence-corrected chi connectivity index (χ0v) is 9.16. The maximum Gasteiger partial charge on any atom is 0.330 e. The summed E-state index contributed by atoms with van der Waals surface area (Å²) in [6.07, 6.45) is 1.87. The Labute approximate surface area is 88.3 Å². The Bertz CT molecular complexity index is 329. The standard InChI is InChI=1S/C8H14O6S/c1-7(8(9)10)3-2-4-14-5-6-15(11,12)13/h3H,2,4-6H2,1H3,(H,9,10)(H,11,12,13). The number of rotatable bonds is 7. The Morgan fingerprint density at radius 3 is 2.47 bits per heavy atom. The first-order chi connectivity index (χ1) is 6.83. The van der Waals surface area contributed by atoms with Gasteiger partial charge >= 0.3 is 5.97 Å². The van der Waals surface area contributed by atoms with E-state index in [-0.39, 0.29) is 18.8 Å². The normalized spacial score (nSPS) is 12.8. The number of carboxylic acid groups (broad SMARTS) is 1. The first-order valence-corrected chi connectivity index (χ1v) is 5.87. The van der Waals surface area contributed by atoms with Crippen molar-refractivity contribution in [3.8, 4) is 0 Å². The van der Waals surface area contributed by atoms with E-state index in [0.717, 1.165) is 0 Å². The minimum atomic E-state index is -3.98. The van der Waals surface area contributed by atoms with Crippen molar-refractivity contribution in [2.75, 3.05) is 19.0 Å². The van der Waals surface area contributed by atoms with Gasteiger partial charge in [0.15, 0.2) is 0 Å². The second-order valence-corrected chi connectivity index (χ2v) is 4.45. The molecule has 0 atom stereocenters. The highest BCUT2D eigenvalue weighted by Crippen LogP contribution is 1.95. The van der Waals surface area contributed by atoms with Crippen LogP contribution >= 0.6 is 0 Å². The number of aliphatic carboxylic acids is 1. The van der Waals surface area contributed by atoms with Crippen LogP contribution in [0.1, 0.15) is 13.3 Å². The first kappa shape index (κ1) is 14.1. The smallest absolute Gasteiger partial charge is 0.330 e. The molecule has 0 aromatic heterocycles. The maximum absolute atomic E-state index is 10.3. The molecule has 0 aromatic rings. The van der Waals surface area contributed by atoms with Crippen LogP contribution in [0, 0.1) is 0 Å². The molecule has 0 radical (unpaired) electrons. The van der Waals surface area contributed by atoms with Gasteiger partial charge in [-0.2, -0.15) is 8.42 Å². The van der Waals surface area contributed by atoms with Crippen molar-refractivity contribution in [1.29, 1.82) is 0 Å². The highest BCUT2D eigenvalue weighted by molar-refractivity contribution is 7.85. The van der Waals surface area contributed by atoms with Crippen LogP contribution in [0.2, 0.25) is 0 Å². The summed E-state index contributed by atoms with van der Waals surface area (Å²) in [5, 5.41) is 8.47. The largest absolute Gasteiger partial charge is 0.478 e. The van der Waals surface area contributed by atoms with Crippen molar-refractivity contribution in [2.45, 2.75) is 13.3 Å². The van der Waals surface area contributed by atoms with Gasteiger partial charge < -0.3 is 9.84 Å². The van der Waals surface area contributed by atoms with Crippen LogP contribution in [0.4, 0.5) is 0 Å². The molecule has 6 nitrogen and oxygen atoms in total. The molecule has 0 unspecified atom stereocenters. The Kier molecular flexibility index (Phi) is 6.14. The molecule has 0 fully saturated rings. The lowest BCUT2D eigenvalue weighted by atomic mass is 10.2. The fraction of sp³-hybridized carbons (Fsp3) is 0.625. The fourth-order valence-corrected chi connectivity index (χ4v) is 1.04. The Morgan fingerprint density at radius 2 is 2.00 bits per heavy atom. The first-order valence-electron chi connectivity index (χ1n) is 4.26. The van der Waals surface area contributed by atoms with Gasteiger partial charge in [-0.1, -0.05) is 6.08 Å². The predicted molar refractivity (Wildman–Crippen MR) is 53.2 cm³/mol. The van der Waals surface area contributed by atoms with E-state index >= 15 is 0 Å². The summed E-state index contributed by atoms with van der Waals surface area (Å²) in [7, 11) is -3.98. The molecular weight excluding hydrogens is 224 g/mol. The number of carbonyl (C=O) groups is 1. The third kappa shape index (κ3) is 9.39. The fourth-order valence-electron chi connectivity index (χ4n) is 0.712. The molecule has 0 aliphatic rings. The molecule has 0 heterocycles. The minimum Gasteiger partial charge on any atom is -0.478 e. The van der Waals surface area contributed by atoms with Gasteiger partial charge in [0.25, 0.3) is 10.1 Å². The Morgan fingerprint density at radius 1 is 1.40 bits per heavy atom. The summed E-state index contributed by atoms with van der Waals surface area (Å²) in [4.78, 5) is 10.3. The van der Waals surface area contributed by atoms with E-state index in [4.69, 9.17) is 14.4 Å². The van der Waals surface area contributed by atoms with Crippen LogP contribution in [0.5, 0.6) is 0 Å². The summed E-state index contributed by atoms with van der Waals surface area (Å²) in [6, 6.07) is 0. The molecule has 2 N–H and O–H groups in total. The highest BCUT2D eigenvalue weighted by Gasteiger charge is 2.03. The second kappa shape index (κ2) is 6.54.